The molecule has 0 aliphatic carbocycles. The van der Waals surface area contributed by atoms with E-state index in [2.05, 4.69) is 25.0 Å². The number of nitrogens with one attached hydrogen (secondary N) is 2. The number of amides is 1. The molecule has 1 aliphatic heterocycles. The summed E-state index contributed by atoms with van der Waals surface area (Å²) in [5, 5.41) is 2.74. The van der Waals surface area contributed by atoms with Crippen LogP contribution in [0.15, 0.2) is 78.5 Å². The summed E-state index contributed by atoms with van der Waals surface area (Å²) in [5.74, 6) is 1.35. The number of benzene rings is 2. The lowest BCUT2D eigenvalue weighted by molar-refractivity contribution is -0.116. The van der Waals surface area contributed by atoms with Crippen LogP contribution in [0.25, 0.3) is 5.82 Å². The second-order valence-electron chi connectivity index (χ2n) is 7.28. The van der Waals surface area contributed by atoms with Gasteiger partial charge in [-0.05, 0) is 54.4 Å². The van der Waals surface area contributed by atoms with E-state index < -0.39 is 10.0 Å². The summed E-state index contributed by atoms with van der Waals surface area (Å²) < 4.78 is 35.7. The van der Waals surface area contributed by atoms with Gasteiger partial charge in [-0.3, -0.25) is 14.1 Å². The summed E-state index contributed by atoms with van der Waals surface area (Å²) in [7, 11) is -3.80. The Morgan fingerprint density at radius 2 is 1.88 bits per heavy atom. The molecule has 0 unspecified atom stereocenters. The van der Waals surface area contributed by atoms with Crippen LogP contribution in [0.1, 0.15) is 12.0 Å². The fraction of sp³-hybridized carbons (Fsp3) is 0.0909. The minimum Gasteiger partial charge on any atom is -0.439 e. The van der Waals surface area contributed by atoms with Crippen LogP contribution in [0, 0.1) is 0 Å². The number of carbonyl (C=O) groups excluding carboxylic acids is 1. The van der Waals surface area contributed by atoms with Gasteiger partial charge in [0.25, 0.3) is 10.0 Å². The maximum Gasteiger partial charge on any atom is 0.261 e. The predicted molar refractivity (Wildman–Crippen MR) is 120 cm³/mol. The molecule has 0 radical (unpaired) electrons. The average Bonchev–Trinajstić information content (AvgIpc) is 3.35. The summed E-state index contributed by atoms with van der Waals surface area (Å²) in [6, 6.07) is 12.8. The smallest absolute Gasteiger partial charge is 0.261 e. The summed E-state index contributed by atoms with van der Waals surface area (Å²) >= 11 is 0. The van der Waals surface area contributed by atoms with Crippen molar-refractivity contribution in [2.45, 2.75) is 17.7 Å². The molecule has 2 N–H and O–H groups in total. The zero-order valence-electron chi connectivity index (χ0n) is 17.2. The van der Waals surface area contributed by atoms with E-state index in [4.69, 9.17) is 4.74 Å². The highest BCUT2D eigenvalue weighted by Gasteiger charge is 2.20. The van der Waals surface area contributed by atoms with Gasteiger partial charge < -0.3 is 10.1 Å². The molecule has 33 heavy (non-hydrogen) atoms. The van der Waals surface area contributed by atoms with Gasteiger partial charge in [0.15, 0.2) is 0 Å². The second kappa shape index (κ2) is 8.36. The standard InChI is InChI=1S/C22H18N6O4S/c29-21-8-1-15-11-18(6-7-19(15)26-21)33(30,31)27-16-2-4-17(5-3-16)32-22-12-20(24-13-25-22)28-10-9-23-14-28/h2-7,9-14,27H,1,8H2,(H,26,29). The number of aryl methyl sites for hydroxylation is 1. The van der Waals surface area contributed by atoms with Gasteiger partial charge in [0.05, 0.1) is 4.90 Å². The zero-order valence-corrected chi connectivity index (χ0v) is 18.0. The van der Waals surface area contributed by atoms with Crippen molar-refractivity contribution in [1.29, 1.82) is 0 Å². The maximum absolute atomic E-state index is 12.8. The van der Waals surface area contributed by atoms with Gasteiger partial charge in [-0.15, -0.1) is 0 Å². The number of nitrogens with zero attached hydrogens (tertiary/aromatic N) is 4. The molecule has 1 aliphatic rings. The third-order valence-corrected chi connectivity index (χ3v) is 6.39. The van der Waals surface area contributed by atoms with Gasteiger partial charge >= 0.3 is 0 Å². The number of ether oxygens (including phenoxy) is 1. The van der Waals surface area contributed by atoms with E-state index in [1.165, 1.54) is 12.4 Å². The molecule has 4 aromatic rings. The number of hydrogen-bond acceptors (Lipinski definition) is 7. The zero-order chi connectivity index (χ0) is 22.8. The molecule has 0 bridgehead atoms. The summed E-state index contributed by atoms with van der Waals surface area (Å²) in [4.78, 5) is 23.9. The molecule has 2 aromatic heterocycles. The molecular weight excluding hydrogens is 444 g/mol. The van der Waals surface area contributed by atoms with Crippen molar-refractivity contribution in [3.05, 3.63) is 79.1 Å². The number of imidazole rings is 1. The Morgan fingerprint density at radius 1 is 1.03 bits per heavy atom. The van der Waals surface area contributed by atoms with Crippen LogP contribution in [-0.4, -0.2) is 33.8 Å². The normalized spacial score (nSPS) is 13.2. The van der Waals surface area contributed by atoms with Crippen molar-refractivity contribution in [2.75, 3.05) is 10.0 Å². The van der Waals surface area contributed by atoms with E-state index in [1.807, 2.05) is 0 Å². The first-order valence-corrected chi connectivity index (χ1v) is 11.5. The SMILES string of the molecule is O=C1CCc2cc(S(=O)(=O)Nc3ccc(Oc4cc(-n5ccnc5)ncn4)cc3)ccc2N1. The number of hydrogen-bond donors (Lipinski definition) is 2. The van der Waals surface area contributed by atoms with Crippen molar-refractivity contribution < 1.29 is 17.9 Å². The van der Waals surface area contributed by atoms with Crippen molar-refractivity contribution in [1.82, 2.24) is 19.5 Å². The number of aromatic nitrogens is 4. The van der Waals surface area contributed by atoms with Crippen LogP contribution in [0.4, 0.5) is 11.4 Å². The minimum absolute atomic E-state index is 0.0709. The fourth-order valence-corrected chi connectivity index (χ4v) is 4.48. The summed E-state index contributed by atoms with van der Waals surface area (Å²) in [6.07, 6.45) is 7.24. The minimum atomic E-state index is -3.80. The van der Waals surface area contributed by atoms with Crippen LogP contribution < -0.4 is 14.8 Å². The third kappa shape index (κ3) is 4.53. The maximum atomic E-state index is 12.8. The third-order valence-electron chi connectivity index (χ3n) is 5.01. The number of carbonyl (C=O) groups is 1. The monoisotopic (exact) mass is 462 g/mol. The van der Waals surface area contributed by atoms with Gasteiger partial charge in [-0.2, -0.15) is 0 Å². The highest BCUT2D eigenvalue weighted by atomic mass is 32.2. The van der Waals surface area contributed by atoms with Gasteiger partial charge in [-0.1, -0.05) is 0 Å². The lowest BCUT2D eigenvalue weighted by Crippen LogP contribution is -2.20. The first-order chi connectivity index (χ1) is 16.0. The van der Waals surface area contributed by atoms with Crippen LogP contribution in [-0.2, 0) is 21.2 Å². The van der Waals surface area contributed by atoms with Crippen molar-refractivity contribution in [3.63, 3.8) is 0 Å². The van der Waals surface area contributed by atoms with E-state index in [0.717, 1.165) is 5.56 Å². The summed E-state index contributed by atoms with van der Waals surface area (Å²) in [6.45, 7) is 0. The molecule has 0 fully saturated rings. The van der Waals surface area contributed by atoms with Gasteiger partial charge in [-0.25, -0.2) is 23.4 Å². The van der Waals surface area contributed by atoms with Crippen LogP contribution in [0.2, 0.25) is 0 Å². The largest absolute Gasteiger partial charge is 0.439 e. The molecule has 0 spiro atoms. The molecule has 0 atom stereocenters. The quantitative estimate of drug-likeness (QED) is 0.450. The Labute approximate surface area is 189 Å². The number of rotatable bonds is 6. The van der Waals surface area contributed by atoms with Crippen molar-refractivity contribution in [3.8, 4) is 17.4 Å². The highest BCUT2D eigenvalue weighted by Crippen LogP contribution is 2.27. The average molecular weight is 462 g/mol. The topological polar surface area (TPSA) is 128 Å². The molecular formula is C22H18N6O4S. The Hall–Kier alpha value is -4.25. The fourth-order valence-electron chi connectivity index (χ4n) is 3.37. The van der Waals surface area contributed by atoms with E-state index >= 15 is 0 Å². The molecule has 5 rings (SSSR count). The number of fused-ring (bicyclic) bond motifs is 1. The molecule has 10 nitrogen and oxygen atoms in total. The van der Waals surface area contributed by atoms with Crippen LogP contribution in [0.3, 0.4) is 0 Å². The van der Waals surface area contributed by atoms with Crippen LogP contribution >= 0.6 is 0 Å². The molecule has 1 amide bonds. The molecule has 0 saturated carbocycles. The van der Waals surface area contributed by atoms with Crippen LogP contribution in [0.5, 0.6) is 11.6 Å². The summed E-state index contributed by atoms with van der Waals surface area (Å²) in [5.41, 5.74) is 1.82. The first kappa shape index (κ1) is 20.6. The lowest BCUT2D eigenvalue weighted by atomic mass is 10.0. The molecule has 166 valence electrons. The molecule has 3 heterocycles. The Morgan fingerprint density at radius 3 is 2.67 bits per heavy atom. The highest BCUT2D eigenvalue weighted by molar-refractivity contribution is 7.92. The van der Waals surface area contributed by atoms with Crippen molar-refractivity contribution >= 4 is 27.3 Å². The van der Waals surface area contributed by atoms with E-state index in [9.17, 15) is 13.2 Å². The lowest BCUT2D eigenvalue weighted by Gasteiger charge is -2.18. The Kier molecular flexibility index (Phi) is 5.23. The molecule has 11 heteroatoms. The number of anilines is 2. The molecule has 2 aromatic carbocycles. The van der Waals surface area contributed by atoms with E-state index in [0.29, 0.717) is 41.7 Å². The second-order valence-corrected chi connectivity index (χ2v) is 8.97. The predicted octanol–water partition coefficient (Wildman–Crippen LogP) is 3.14. The van der Waals surface area contributed by atoms with Crippen molar-refractivity contribution in [2.24, 2.45) is 0 Å². The Bertz CT molecular complexity index is 1420. The number of sulfonamides is 1. The first-order valence-electron chi connectivity index (χ1n) is 10.0. The van der Waals surface area contributed by atoms with E-state index in [1.54, 1.807) is 65.8 Å². The van der Waals surface area contributed by atoms with Gasteiger partial charge in [0, 0.05) is 36.3 Å². The van der Waals surface area contributed by atoms with E-state index in [-0.39, 0.29) is 10.8 Å². The van der Waals surface area contributed by atoms with Gasteiger partial charge in [0.1, 0.15) is 24.2 Å². The molecule has 0 saturated heterocycles. The van der Waals surface area contributed by atoms with Gasteiger partial charge in [0.2, 0.25) is 11.8 Å². The Balaban J connectivity index is 1.29.